The summed E-state index contributed by atoms with van der Waals surface area (Å²) in [6, 6.07) is 11.2. The molecular weight excluding hydrogens is 420 g/mol. The normalized spacial score (nSPS) is 19.2. The Morgan fingerprint density at radius 2 is 1.72 bits per heavy atom. The fraction of sp³-hybridized carbons (Fsp3) is 0.423. The van der Waals surface area contributed by atoms with E-state index < -0.39 is 10.0 Å². The summed E-state index contributed by atoms with van der Waals surface area (Å²) in [5.41, 5.74) is 8.24. The van der Waals surface area contributed by atoms with E-state index in [1.54, 1.807) is 31.4 Å². The van der Waals surface area contributed by atoms with Crippen LogP contribution in [0, 0.1) is 19.3 Å². The van der Waals surface area contributed by atoms with E-state index in [9.17, 15) is 8.42 Å². The molecule has 0 spiro atoms. The first-order valence-corrected chi connectivity index (χ1v) is 12.6. The van der Waals surface area contributed by atoms with Crippen molar-refractivity contribution in [3.63, 3.8) is 0 Å². The van der Waals surface area contributed by atoms with E-state index in [1.807, 2.05) is 6.92 Å². The Kier molecular flexibility index (Phi) is 5.93. The van der Waals surface area contributed by atoms with Crippen molar-refractivity contribution in [3.05, 3.63) is 69.8 Å². The predicted molar refractivity (Wildman–Crippen MR) is 129 cm³/mol. The van der Waals surface area contributed by atoms with Crippen LogP contribution in [0.1, 0.15) is 55.4 Å². The summed E-state index contributed by atoms with van der Waals surface area (Å²) in [7, 11) is -2.01. The zero-order valence-electron chi connectivity index (χ0n) is 19.6. The molecule has 0 atom stereocenters. The smallest absolute Gasteiger partial charge is 0.276 e. The molecule has 0 aromatic heterocycles. The molecule has 0 heterocycles. The van der Waals surface area contributed by atoms with Crippen molar-refractivity contribution in [1.29, 1.82) is 0 Å². The largest absolute Gasteiger partial charge is 0.496 e. The van der Waals surface area contributed by atoms with Crippen LogP contribution >= 0.6 is 0 Å². The SMILES string of the molecule is COc1cc2c(cc1C)CCC1=C(C2)/C(=N/NS(=O)(=O)c2ccc(C)cc2)CCC1(C)C. The summed E-state index contributed by atoms with van der Waals surface area (Å²) in [5.74, 6) is 0.890. The Balaban J connectivity index is 1.71. The maximum atomic E-state index is 12.8. The summed E-state index contributed by atoms with van der Waals surface area (Å²) < 4.78 is 31.2. The van der Waals surface area contributed by atoms with Crippen LogP contribution in [0.5, 0.6) is 5.75 Å². The van der Waals surface area contributed by atoms with Crippen molar-refractivity contribution in [2.24, 2.45) is 10.5 Å². The average Bonchev–Trinajstić information content (AvgIpc) is 2.93. The number of ether oxygens (including phenoxy) is 1. The Bertz CT molecular complexity index is 1210. The van der Waals surface area contributed by atoms with Crippen LogP contribution < -0.4 is 9.57 Å². The van der Waals surface area contributed by atoms with Crippen molar-refractivity contribution in [2.45, 2.75) is 64.7 Å². The van der Waals surface area contributed by atoms with Gasteiger partial charge in [0.15, 0.2) is 0 Å². The number of sulfonamides is 1. The van der Waals surface area contributed by atoms with Crippen molar-refractivity contribution in [1.82, 2.24) is 4.83 Å². The van der Waals surface area contributed by atoms with Crippen molar-refractivity contribution >= 4 is 15.7 Å². The Morgan fingerprint density at radius 1 is 1.00 bits per heavy atom. The lowest BCUT2D eigenvalue weighted by molar-refractivity contribution is 0.390. The Hall–Kier alpha value is -2.60. The average molecular weight is 453 g/mol. The summed E-state index contributed by atoms with van der Waals surface area (Å²) in [6.07, 6.45) is 4.39. The summed E-state index contributed by atoms with van der Waals surface area (Å²) >= 11 is 0. The van der Waals surface area contributed by atoms with Gasteiger partial charge in [0.1, 0.15) is 5.75 Å². The first-order chi connectivity index (χ1) is 15.1. The number of hydrogen-bond acceptors (Lipinski definition) is 4. The molecule has 0 bridgehead atoms. The highest BCUT2D eigenvalue weighted by Crippen LogP contribution is 2.44. The zero-order valence-corrected chi connectivity index (χ0v) is 20.4. The molecule has 0 saturated heterocycles. The van der Waals surface area contributed by atoms with Crippen LogP contribution in [0.3, 0.4) is 0 Å². The fourth-order valence-electron chi connectivity index (χ4n) is 4.88. The second-order valence-corrected chi connectivity index (χ2v) is 11.2. The number of fused-ring (bicyclic) bond motifs is 1. The van der Waals surface area contributed by atoms with Crippen LogP contribution in [0.15, 0.2) is 57.5 Å². The van der Waals surface area contributed by atoms with Gasteiger partial charge in [-0.2, -0.15) is 18.4 Å². The molecule has 6 heteroatoms. The second kappa shape index (κ2) is 8.39. The highest BCUT2D eigenvalue weighted by molar-refractivity contribution is 7.89. The summed E-state index contributed by atoms with van der Waals surface area (Å²) in [4.78, 5) is 2.73. The zero-order chi connectivity index (χ0) is 23.1. The van der Waals surface area contributed by atoms with Gasteiger partial charge in [-0.15, -0.1) is 0 Å². The van der Waals surface area contributed by atoms with Gasteiger partial charge >= 0.3 is 0 Å². The number of nitrogens with one attached hydrogen (secondary N) is 1. The maximum absolute atomic E-state index is 12.8. The molecule has 2 aliphatic carbocycles. The molecule has 0 radical (unpaired) electrons. The lowest BCUT2D eigenvalue weighted by Crippen LogP contribution is -2.29. The van der Waals surface area contributed by atoms with E-state index in [0.717, 1.165) is 54.7 Å². The lowest BCUT2D eigenvalue weighted by Gasteiger charge is -2.35. The van der Waals surface area contributed by atoms with Crippen LogP contribution in [0.25, 0.3) is 0 Å². The molecule has 2 aliphatic rings. The first kappa shape index (κ1) is 22.6. The van der Waals surface area contributed by atoms with Gasteiger partial charge < -0.3 is 4.74 Å². The number of aryl methyl sites for hydroxylation is 3. The number of methoxy groups -OCH3 is 1. The summed E-state index contributed by atoms with van der Waals surface area (Å²) in [6.45, 7) is 8.59. The number of allylic oxidation sites excluding steroid dienone is 2. The topological polar surface area (TPSA) is 67.8 Å². The van der Waals surface area contributed by atoms with Crippen molar-refractivity contribution in [3.8, 4) is 5.75 Å². The van der Waals surface area contributed by atoms with Gasteiger partial charge in [-0.3, -0.25) is 0 Å². The molecule has 2 aromatic rings. The number of rotatable bonds is 4. The Labute approximate surface area is 191 Å². The number of hydrogen-bond donors (Lipinski definition) is 1. The van der Waals surface area contributed by atoms with E-state index in [0.29, 0.717) is 0 Å². The van der Waals surface area contributed by atoms with Crippen LogP contribution in [0.4, 0.5) is 0 Å². The predicted octanol–water partition coefficient (Wildman–Crippen LogP) is 5.25. The molecule has 0 unspecified atom stereocenters. The highest BCUT2D eigenvalue weighted by Gasteiger charge is 2.35. The van der Waals surface area contributed by atoms with Crippen LogP contribution in [0.2, 0.25) is 0 Å². The summed E-state index contributed by atoms with van der Waals surface area (Å²) in [5, 5.41) is 4.47. The number of nitrogens with zero attached hydrogens (tertiary/aromatic N) is 1. The minimum Gasteiger partial charge on any atom is -0.496 e. The third-order valence-corrected chi connectivity index (χ3v) is 8.10. The van der Waals surface area contributed by atoms with E-state index in [2.05, 4.69) is 42.8 Å². The minimum absolute atomic E-state index is 0.0748. The standard InChI is InChI=1S/C26H32N2O3S/c1-17-6-9-21(10-7-17)32(29,30)28-27-24-12-13-26(3,4)23-11-8-19-14-18(2)25(31-5)16-20(19)15-22(23)24/h6-7,9-10,14,16,28H,8,11-13,15H2,1-5H3/b27-24+. The molecule has 0 aliphatic heterocycles. The highest BCUT2D eigenvalue weighted by atomic mass is 32.2. The van der Waals surface area contributed by atoms with E-state index in [1.165, 1.54) is 22.3 Å². The van der Waals surface area contributed by atoms with Crippen LogP contribution in [-0.4, -0.2) is 21.2 Å². The minimum atomic E-state index is -3.71. The van der Waals surface area contributed by atoms with Gasteiger partial charge in [0.2, 0.25) is 0 Å². The number of hydrazone groups is 1. The molecule has 4 rings (SSSR count). The van der Waals surface area contributed by atoms with Crippen molar-refractivity contribution < 1.29 is 13.2 Å². The quantitative estimate of drug-likeness (QED) is 0.644. The van der Waals surface area contributed by atoms with E-state index in [4.69, 9.17) is 4.74 Å². The monoisotopic (exact) mass is 452 g/mol. The third-order valence-electron chi connectivity index (χ3n) is 6.88. The van der Waals surface area contributed by atoms with E-state index in [-0.39, 0.29) is 10.3 Å². The third kappa shape index (κ3) is 4.33. The molecule has 170 valence electrons. The Morgan fingerprint density at radius 3 is 2.41 bits per heavy atom. The molecule has 0 fully saturated rings. The van der Waals surface area contributed by atoms with E-state index >= 15 is 0 Å². The molecular formula is C26H32N2O3S. The second-order valence-electron chi connectivity index (χ2n) is 9.57. The van der Waals surface area contributed by atoms with Gasteiger partial charge in [-0.25, -0.2) is 0 Å². The van der Waals surface area contributed by atoms with Gasteiger partial charge in [0.05, 0.1) is 17.7 Å². The molecule has 1 N–H and O–H groups in total. The van der Waals surface area contributed by atoms with Crippen molar-refractivity contribution in [2.75, 3.05) is 7.11 Å². The molecule has 2 aromatic carbocycles. The molecule has 32 heavy (non-hydrogen) atoms. The molecule has 0 amide bonds. The molecule has 5 nitrogen and oxygen atoms in total. The van der Waals surface area contributed by atoms with Crippen LogP contribution in [-0.2, 0) is 22.9 Å². The number of benzene rings is 2. The first-order valence-electron chi connectivity index (χ1n) is 11.1. The van der Waals surface area contributed by atoms with Gasteiger partial charge in [-0.05, 0) is 91.8 Å². The fourth-order valence-corrected chi connectivity index (χ4v) is 5.71. The van der Waals surface area contributed by atoms with Gasteiger partial charge in [0.25, 0.3) is 10.0 Å². The maximum Gasteiger partial charge on any atom is 0.276 e. The lowest BCUT2D eigenvalue weighted by atomic mass is 9.70. The molecule has 0 saturated carbocycles. The van der Waals surface area contributed by atoms with Gasteiger partial charge in [0, 0.05) is 0 Å². The van der Waals surface area contributed by atoms with Gasteiger partial charge in [-0.1, -0.05) is 43.2 Å².